The zero-order valence-electron chi connectivity index (χ0n) is 20.1. The first-order valence-corrected chi connectivity index (χ1v) is 12.8. The van der Waals surface area contributed by atoms with Crippen LogP contribution in [0.5, 0.6) is 5.75 Å². The summed E-state index contributed by atoms with van der Waals surface area (Å²) in [4.78, 5) is 55.3. The largest absolute Gasteiger partial charge is 0.505 e. The first-order valence-electron chi connectivity index (χ1n) is 12.8. The van der Waals surface area contributed by atoms with E-state index in [0.29, 0.717) is 17.6 Å². The van der Waals surface area contributed by atoms with Gasteiger partial charge in [-0.3, -0.25) is 24.1 Å². The van der Waals surface area contributed by atoms with Crippen LogP contribution in [0.2, 0.25) is 0 Å². The molecule has 1 saturated carbocycles. The van der Waals surface area contributed by atoms with Gasteiger partial charge in [-0.25, -0.2) is 4.39 Å². The number of hydrogen-bond donors (Lipinski definition) is 1. The Hall–Kier alpha value is -3.35. The molecule has 36 heavy (non-hydrogen) atoms. The Bertz CT molecular complexity index is 1310. The van der Waals surface area contributed by atoms with Gasteiger partial charge in [0.15, 0.2) is 23.1 Å². The summed E-state index contributed by atoms with van der Waals surface area (Å²) < 4.78 is 14.4. The van der Waals surface area contributed by atoms with Crippen molar-refractivity contribution in [2.45, 2.75) is 63.8 Å². The lowest BCUT2D eigenvalue weighted by Gasteiger charge is -2.42. The van der Waals surface area contributed by atoms with E-state index >= 15 is 0 Å². The predicted molar refractivity (Wildman–Crippen MR) is 128 cm³/mol. The number of likely N-dealkylation sites (tertiary alicyclic amines) is 1. The summed E-state index contributed by atoms with van der Waals surface area (Å²) in [6, 6.07) is 4.07. The number of amides is 2. The molecule has 0 radical (unpaired) electrons. The molecule has 1 aromatic carbocycles. The Morgan fingerprint density at radius 1 is 1.00 bits per heavy atom. The van der Waals surface area contributed by atoms with Gasteiger partial charge in [-0.2, -0.15) is 0 Å². The summed E-state index contributed by atoms with van der Waals surface area (Å²) in [6.07, 6.45) is 8.43. The molecule has 0 unspecified atom stereocenters. The molecule has 2 fully saturated rings. The van der Waals surface area contributed by atoms with E-state index in [2.05, 4.69) is 0 Å². The maximum absolute atomic E-state index is 14.4. The quantitative estimate of drug-likeness (QED) is 0.380. The van der Waals surface area contributed by atoms with E-state index in [4.69, 9.17) is 0 Å². The summed E-state index contributed by atoms with van der Waals surface area (Å²) >= 11 is 0. The topological polar surface area (TPSA) is 91.8 Å². The number of ketones is 2. The van der Waals surface area contributed by atoms with Crippen LogP contribution in [0.25, 0.3) is 0 Å². The number of rotatable bonds is 2. The molecule has 7 heteroatoms. The molecule has 4 aliphatic carbocycles. The number of benzene rings is 1. The van der Waals surface area contributed by atoms with Crippen molar-refractivity contribution in [3.05, 3.63) is 64.0 Å². The molecular formula is C29H28FNO5. The van der Waals surface area contributed by atoms with Crippen LogP contribution < -0.4 is 0 Å². The number of hydrogen-bond acceptors (Lipinski definition) is 5. The Balaban J connectivity index is 1.48. The number of aromatic hydroxyl groups is 1. The van der Waals surface area contributed by atoms with Gasteiger partial charge in [0.25, 0.3) is 0 Å². The lowest BCUT2D eigenvalue weighted by Crippen LogP contribution is -2.43. The molecule has 5 aliphatic rings. The van der Waals surface area contributed by atoms with Gasteiger partial charge in [0.05, 0.1) is 11.8 Å². The highest BCUT2D eigenvalue weighted by Gasteiger charge is 2.57. The summed E-state index contributed by atoms with van der Waals surface area (Å²) in [6.45, 7) is 1.59. The van der Waals surface area contributed by atoms with Gasteiger partial charge in [0.2, 0.25) is 11.8 Å². The monoisotopic (exact) mass is 489 g/mol. The van der Waals surface area contributed by atoms with Crippen molar-refractivity contribution >= 4 is 23.4 Å². The number of halogens is 1. The molecule has 6 nitrogen and oxygen atoms in total. The van der Waals surface area contributed by atoms with Gasteiger partial charge in [0.1, 0.15) is 0 Å². The zero-order valence-corrected chi connectivity index (χ0v) is 20.1. The summed E-state index contributed by atoms with van der Waals surface area (Å²) in [7, 11) is 0. The van der Waals surface area contributed by atoms with Crippen LogP contribution in [0.4, 0.5) is 4.39 Å². The minimum Gasteiger partial charge on any atom is -0.505 e. The Labute approximate surface area is 208 Å². The fourth-order valence-electron chi connectivity index (χ4n) is 7.23. The summed E-state index contributed by atoms with van der Waals surface area (Å²) in [5.41, 5.74) is 1.79. The molecule has 0 spiro atoms. The third-order valence-corrected chi connectivity index (χ3v) is 8.87. The smallest absolute Gasteiger partial charge is 0.233 e. The minimum absolute atomic E-state index is 0.0858. The van der Waals surface area contributed by atoms with Crippen molar-refractivity contribution in [1.82, 2.24) is 4.90 Å². The second kappa shape index (κ2) is 8.36. The molecule has 1 N–H and O–H groups in total. The van der Waals surface area contributed by atoms with Crippen molar-refractivity contribution in [3.63, 3.8) is 0 Å². The van der Waals surface area contributed by atoms with Crippen molar-refractivity contribution < 1.29 is 28.7 Å². The standard InChI is InChI=1S/C29H28FNO5/c1-14-12-22(32)25-20(26(14)33)13-19-16(23(25)17-8-5-9-21(30)27(17)34)10-11-18-24(19)29(36)31(28(18)35)15-6-3-2-4-7-15/h5,8-10,12,15,18-19,23-24,34H,2-4,6-7,11,13H2,1H3/t18-,19+,23+,24-/m0/s1. The molecule has 0 aromatic heterocycles. The van der Waals surface area contributed by atoms with Crippen LogP contribution in [0.1, 0.15) is 63.4 Å². The molecule has 1 aliphatic heterocycles. The number of carbonyl (C=O) groups excluding carboxylic acids is 4. The molecular weight excluding hydrogens is 461 g/mol. The van der Waals surface area contributed by atoms with Gasteiger partial charge in [0, 0.05) is 34.2 Å². The molecule has 1 heterocycles. The second-order valence-electron chi connectivity index (χ2n) is 10.7. The average molecular weight is 490 g/mol. The minimum atomic E-state index is -0.845. The van der Waals surface area contributed by atoms with Crippen molar-refractivity contribution in [2.75, 3.05) is 0 Å². The van der Waals surface area contributed by atoms with Crippen LogP contribution in [0, 0.1) is 23.6 Å². The van der Waals surface area contributed by atoms with Crippen LogP contribution in [-0.4, -0.2) is 39.4 Å². The Kier molecular flexibility index (Phi) is 5.36. The second-order valence-corrected chi connectivity index (χ2v) is 10.7. The van der Waals surface area contributed by atoms with Crippen molar-refractivity contribution in [1.29, 1.82) is 0 Å². The highest BCUT2D eigenvalue weighted by molar-refractivity contribution is 6.23. The maximum Gasteiger partial charge on any atom is 0.233 e. The number of carbonyl (C=O) groups is 4. The van der Waals surface area contributed by atoms with E-state index in [1.807, 2.05) is 6.08 Å². The molecule has 0 bridgehead atoms. The average Bonchev–Trinajstić information content (AvgIpc) is 3.13. The van der Waals surface area contributed by atoms with Crippen LogP contribution in [0.3, 0.4) is 0 Å². The first-order chi connectivity index (χ1) is 17.3. The molecule has 2 amide bonds. The number of nitrogens with zero attached hydrogens (tertiary/aromatic N) is 1. The number of allylic oxidation sites excluding steroid dienone is 6. The van der Waals surface area contributed by atoms with Gasteiger partial charge in [-0.05, 0) is 50.7 Å². The van der Waals surface area contributed by atoms with Gasteiger partial charge in [-0.15, -0.1) is 0 Å². The summed E-state index contributed by atoms with van der Waals surface area (Å²) in [5.74, 6) is -4.76. The molecule has 1 aromatic rings. The SMILES string of the molecule is CC1=CC(=O)C2=C(C[C@@H]3C(=CC[C@@H]4C(=O)N(C5CCCCC5)C(=O)[C@@H]43)[C@@H]2c2cccc(F)c2O)C1=O. The van der Waals surface area contributed by atoms with E-state index in [1.54, 1.807) is 13.0 Å². The van der Waals surface area contributed by atoms with Crippen LogP contribution in [0.15, 0.2) is 52.6 Å². The molecule has 1 saturated heterocycles. The van der Waals surface area contributed by atoms with E-state index in [0.717, 1.165) is 43.7 Å². The predicted octanol–water partition coefficient (Wildman–Crippen LogP) is 4.29. The number of phenolic OH excluding ortho intramolecular Hbond substituents is 1. The van der Waals surface area contributed by atoms with Crippen LogP contribution >= 0.6 is 0 Å². The molecule has 4 atom stereocenters. The lowest BCUT2D eigenvalue weighted by atomic mass is 9.59. The van der Waals surface area contributed by atoms with Gasteiger partial charge in [-0.1, -0.05) is 43.0 Å². The Morgan fingerprint density at radius 3 is 2.50 bits per heavy atom. The number of Topliss-reactive ketones (excluding diaryl/α,β-unsaturated/α-hetero) is 1. The van der Waals surface area contributed by atoms with E-state index < -0.39 is 35.2 Å². The number of imide groups is 1. The van der Waals surface area contributed by atoms with E-state index in [-0.39, 0.29) is 47.0 Å². The van der Waals surface area contributed by atoms with Gasteiger partial charge >= 0.3 is 0 Å². The summed E-state index contributed by atoms with van der Waals surface area (Å²) in [5, 5.41) is 10.7. The maximum atomic E-state index is 14.4. The van der Waals surface area contributed by atoms with Crippen molar-refractivity contribution in [2.24, 2.45) is 17.8 Å². The third-order valence-electron chi connectivity index (χ3n) is 8.87. The number of fused-ring (bicyclic) bond motifs is 3. The normalized spacial score (nSPS) is 30.7. The highest BCUT2D eigenvalue weighted by Crippen LogP contribution is 2.56. The van der Waals surface area contributed by atoms with Crippen molar-refractivity contribution in [3.8, 4) is 5.75 Å². The molecule has 6 rings (SSSR count). The van der Waals surface area contributed by atoms with E-state index in [9.17, 15) is 28.7 Å². The number of phenols is 1. The van der Waals surface area contributed by atoms with E-state index in [1.165, 1.54) is 17.0 Å². The number of para-hydroxylation sites is 1. The Morgan fingerprint density at radius 2 is 1.75 bits per heavy atom. The van der Waals surface area contributed by atoms with Crippen LogP contribution in [-0.2, 0) is 19.2 Å². The first kappa shape index (κ1) is 23.1. The zero-order chi connectivity index (χ0) is 25.3. The third kappa shape index (κ3) is 3.21. The molecule has 186 valence electrons. The fraction of sp³-hybridized carbons (Fsp3) is 0.448. The lowest BCUT2D eigenvalue weighted by molar-refractivity contribution is -0.143. The highest BCUT2D eigenvalue weighted by atomic mass is 19.1. The fourth-order valence-corrected chi connectivity index (χ4v) is 7.23. The van der Waals surface area contributed by atoms with Gasteiger partial charge < -0.3 is 5.11 Å².